The van der Waals surface area contributed by atoms with Crippen LogP contribution in [0.15, 0.2) is 28.4 Å². The van der Waals surface area contributed by atoms with E-state index in [0.717, 1.165) is 5.56 Å². The topological polar surface area (TPSA) is 76.8 Å². The van der Waals surface area contributed by atoms with Crippen molar-refractivity contribution in [3.63, 3.8) is 0 Å². The van der Waals surface area contributed by atoms with Crippen LogP contribution in [0.1, 0.15) is 11.1 Å². The molecule has 0 atom stereocenters. The van der Waals surface area contributed by atoms with Crippen molar-refractivity contribution in [2.75, 3.05) is 0 Å². The molecule has 1 rings (SSSR count). The van der Waals surface area contributed by atoms with Crippen LogP contribution in [0.2, 0.25) is 0 Å². The zero-order valence-electron chi connectivity index (χ0n) is 7.74. The van der Waals surface area contributed by atoms with Gasteiger partial charge in [0.25, 0.3) is 0 Å². The minimum absolute atomic E-state index is 0.130. The summed E-state index contributed by atoms with van der Waals surface area (Å²) in [6.07, 6.45) is 1.38. The van der Waals surface area contributed by atoms with Crippen LogP contribution in [0.5, 0.6) is 0 Å². The summed E-state index contributed by atoms with van der Waals surface area (Å²) in [4.78, 5) is 0. The zero-order chi connectivity index (χ0) is 10.6. The van der Waals surface area contributed by atoms with Crippen molar-refractivity contribution < 1.29 is 4.39 Å². The molecule has 1 aromatic carbocycles. The molecule has 0 heterocycles. The lowest BCUT2D eigenvalue weighted by Crippen LogP contribution is -2.21. The first-order chi connectivity index (χ1) is 6.58. The van der Waals surface area contributed by atoms with E-state index in [4.69, 9.17) is 11.5 Å². The van der Waals surface area contributed by atoms with Gasteiger partial charge >= 0.3 is 0 Å². The van der Waals surface area contributed by atoms with E-state index in [1.54, 1.807) is 13.0 Å². The van der Waals surface area contributed by atoms with Crippen LogP contribution in [0.25, 0.3) is 0 Å². The third-order valence-corrected chi connectivity index (χ3v) is 1.44. The molecule has 0 aliphatic rings. The summed E-state index contributed by atoms with van der Waals surface area (Å²) in [5.74, 6) is -0.439. The van der Waals surface area contributed by atoms with Crippen LogP contribution >= 0.6 is 0 Å². The molecule has 0 saturated carbocycles. The fourth-order valence-electron chi connectivity index (χ4n) is 1.00. The van der Waals surface area contributed by atoms with E-state index in [2.05, 4.69) is 10.2 Å². The highest BCUT2D eigenvalue weighted by atomic mass is 19.1. The lowest BCUT2D eigenvalue weighted by atomic mass is 10.1. The van der Waals surface area contributed by atoms with Crippen LogP contribution < -0.4 is 11.5 Å². The number of guanidine groups is 1. The highest BCUT2D eigenvalue weighted by Crippen LogP contribution is 2.06. The molecule has 5 heteroatoms. The third kappa shape index (κ3) is 3.22. The highest BCUT2D eigenvalue weighted by Gasteiger charge is 1.94. The number of nitrogens with two attached hydrogens (primary N) is 2. The van der Waals surface area contributed by atoms with Crippen LogP contribution in [0.3, 0.4) is 0 Å². The normalized spacial score (nSPS) is 10.4. The first-order valence-corrected chi connectivity index (χ1v) is 3.97. The van der Waals surface area contributed by atoms with Crippen LogP contribution in [0, 0.1) is 12.7 Å². The number of benzene rings is 1. The van der Waals surface area contributed by atoms with Gasteiger partial charge in [-0.2, -0.15) is 5.10 Å². The van der Waals surface area contributed by atoms with Gasteiger partial charge in [-0.1, -0.05) is 6.07 Å². The second kappa shape index (κ2) is 4.36. The monoisotopic (exact) mass is 194 g/mol. The Morgan fingerprint density at radius 1 is 1.36 bits per heavy atom. The van der Waals surface area contributed by atoms with Crippen molar-refractivity contribution >= 4 is 12.2 Å². The van der Waals surface area contributed by atoms with Crippen molar-refractivity contribution in [1.82, 2.24) is 0 Å². The molecule has 14 heavy (non-hydrogen) atoms. The molecule has 1 aromatic rings. The van der Waals surface area contributed by atoms with E-state index < -0.39 is 0 Å². The second-order valence-electron chi connectivity index (χ2n) is 2.83. The predicted octanol–water partition coefficient (Wildman–Crippen LogP) is 0.741. The Balaban J connectivity index is 2.87. The van der Waals surface area contributed by atoms with E-state index in [9.17, 15) is 4.39 Å². The molecule has 0 aliphatic carbocycles. The standard InChI is InChI=1S/C9H11FN4/c1-6-2-7(4-8(10)3-6)5-13-14-9(11)12/h2-5H,1H3,(H4,11,12,14). The molecule has 0 bridgehead atoms. The van der Waals surface area contributed by atoms with Gasteiger partial charge in [0, 0.05) is 0 Å². The van der Waals surface area contributed by atoms with Gasteiger partial charge in [-0.25, -0.2) is 4.39 Å². The smallest absolute Gasteiger partial charge is 0.211 e. The maximum absolute atomic E-state index is 12.9. The number of nitrogens with zero attached hydrogens (tertiary/aromatic N) is 2. The van der Waals surface area contributed by atoms with Crippen molar-refractivity contribution in [3.8, 4) is 0 Å². The first-order valence-electron chi connectivity index (χ1n) is 3.97. The molecule has 0 fully saturated rings. The molecule has 74 valence electrons. The van der Waals surface area contributed by atoms with E-state index >= 15 is 0 Å². The van der Waals surface area contributed by atoms with Crippen molar-refractivity contribution in [2.24, 2.45) is 21.7 Å². The average Bonchev–Trinajstić information content (AvgIpc) is 2.01. The summed E-state index contributed by atoms with van der Waals surface area (Å²) in [5, 5.41) is 6.97. The van der Waals surface area contributed by atoms with Gasteiger partial charge in [-0.15, -0.1) is 5.10 Å². The number of aryl methyl sites for hydroxylation is 1. The van der Waals surface area contributed by atoms with Gasteiger partial charge in [0.2, 0.25) is 5.96 Å². The Kier molecular flexibility index (Phi) is 3.17. The predicted molar refractivity (Wildman–Crippen MR) is 54.5 cm³/mol. The zero-order valence-corrected chi connectivity index (χ0v) is 7.74. The molecule has 4 nitrogen and oxygen atoms in total. The fraction of sp³-hybridized carbons (Fsp3) is 0.111. The van der Waals surface area contributed by atoms with Gasteiger partial charge in [-0.3, -0.25) is 0 Å². The number of hydrogen-bond donors (Lipinski definition) is 2. The largest absolute Gasteiger partial charge is 0.369 e. The molecule has 0 amide bonds. The molecule has 0 spiro atoms. The average molecular weight is 194 g/mol. The Bertz CT molecular complexity index is 360. The summed E-state index contributed by atoms with van der Waals surface area (Å²) in [7, 11) is 0. The molecule has 0 saturated heterocycles. The third-order valence-electron chi connectivity index (χ3n) is 1.44. The Morgan fingerprint density at radius 3 is 2.64 bits per heavy atom. The lowest BCUT2D eigenvalue weighted by molar-refractivity contribution is 0.626. The minimum Gasteiger partial charge on any atom is -0.369 e. The molecular weight excluding hydrogens is 183 g/mol. The Labute approximate surface area is 81.1 Å². The maximum Gasteiger partial charge on any atom is 0.211 e. The summed E-state index contributed by atoms with van der Waals surface area (Å²) < 4.78 is 12.9. The van der Waals surface area contributed by atoms with Crippen molar-refractivity contribution in [3.05, 3.63) is 35.1 Å². The van der Waals surface area contributed by atoms with Gasteiger partial charge < -0.3 is 11.5 Å². The van der Waals surface area contributed by atoms with Crippen molar-refractivity contribution in [2.45, 2.75) is 6.92 Å². The lowest BCUT2D eigenvalue weighted by Gasteiger charge is -1.95. The van der Waals surface area contributed by atoms with E-state index in [1.807, 2.05) is 0 Å². The number of halogens is 1. The molecule has 4 N–H and O–H groups in total. The second-order valence-corrected chi connectivity index (χ2v) is 2.83. The molecule has 0 aromatic heterocycles. The van der Waals surface area contributed by atoms with E-state index in [1.165, 1.54) is 18.3 Å². The van der Waals surface area contributed by atoms with Crippen LogP contribution in [-0.4, -0.2) is 12.2 Å². The minimum atomic E-state index is -0.309. The highest BCUT2D eigenvalue weighted by molar-refractivity contribution is 5.81. The molecule has 0 aliphatic heterocycles. The fourth-order valence-corrected chi connectivity index (χ4v) is 1.00. The van der Waals surface area contributed by atoms with Crippen molar-refractivity contribution in [1.29, 1.82) is 0 Å². The number of hydrogen-bond acceptors (Lipinski definition) is 2. The molecule has 0 unspecified atom stereocenters. The molecular formula is C9H11FN4. The first kappa shape index (κ1) is 10.2. The SMILES string of the molecule is Cc1cc(F)cc(C=NN=C(N)N)c1. The molecule has 0 radical (unpaired) electrons. The summed E-state index contributed by atoms with van der Waals surface area (Å²) in [6.45, 7) is 1.79. The van der Waals surface area contributed by atoms with E-state index in [-0.39, 0.29) is 11.8 Å². The van der Waals surface area contributed by atoms with Crippen LogP contribution in [0.4, 0.5) is 4.39 Å². The summed E-state index contributed by atoms with van der Waals surface area (Å²) >= 11 is 0. The van der Waals surface area contributed by atoms with E-state index in [0.29, 0.717) is 5.56 Å². The van der Waals surface area contributed by atoms with Gasteiger partial charge in [-0.05, 0) is 30.2 Å². The Morgan fingerprint density at radius 2 is 2.07 bits per heavy atom. The quantitative estimate of drug-likeness (QED) is 0.414. The van der Waals surface area contributed by atoms with Gasteiger partial charge in [0.05, 0.1) is 6.21 Å². The van der Waals surface area contributed by atoms with Gasteiger partial charge in [0.1, 0.15) is 5.82 Å². The Hall–Kier alpha value is -1.91. The van der Waals surface area contributed by atoms with Crippen LogP contribution in [-0.2, 0) is 0 Å². The summed E-state index contributed by atoms with van der Waals surface area (Å²) in [5.41, 5.74) is 11.5. The maximum atomic E-state index is 12.9. The summed E-state index contributed by atoms with van der Waals surface area (Å²) in [6, 6.07) is 4.55. The van der Waals surface area contributed by atoms with Gasteiger partial charge in [0.15, 0.2) is 0 Å². The number of rotatable bonds is 2.